The van der Waals surface area contributed by atoms with Crippen LogP contribution in [0.4, 0.5) is 5.69 Å². The van der Waals surface area contributed by atoms with Crippen LogP contribution in [0, 0.1) is 4.91 Å². The zero-order chi connectivity index (χ0) is 24.4. The van der Waals surface area contributed by atoms with Gasteiger partial charge in [-0.1, -0.05) is 31.5 Å². The standard InChI is InChI=1S/C17H19N3O6S/c1-2-3-9-20(19-23)14-10-12(17(21)22)11-15(27(18,24)25)16(14)26-13-7-5-4-6-8-13/h4-8,10-11H,2-3,9H2,1H3,(H,21,22)(H2,18,24,25)/i4D,5D,6D,7D,8D. The number of anilines is 1. The third-order valence-corrected chi connectivity index (χ3v) is 4.29. The van der Waals surface area contributed by atoms with Crippen LogP contribution in [0.1, 0.15) is 37.0 Å². The quantitative estimate of drug-likeness (QED) is 0.488. The summed E-state index contributed by atoms with van der Waals surface area (Å²) < 4.78 is 69.0. The number of nitrogens with zero attached hydrogens (tertiary/aromatic N) is 2. The maximum Gasteiger partial charge on any atom is 0.335 e. The van der Waals surface area contributed by atoms with Crippen molar-refractivity contribution in [2.24, 2.45) is 10.4 Å². The van der Waals surface area contributed by atoms with Gasteiger partial charge in [0.15, 0.2) is 5.75 Å². The van der Waals surface area contributed by atoms with Crippen molar-refractivity contribution in [2.45, 2.75) is 24.7 Å². The van der Waals surface area contributed by atoms with Gasteiger partial charge in [-0.3, -0.25) is 0 Å². The van der Waals surface area contributed by atoms with E-state index in [2.05, 4.69) is 5.29 Å². The van der Waals surface area contributed by atoms with Crippen molar-refractivity contribution < 1.29 is 29.9 Å². The van der Waals surface area contributed by atoms with Crippen LogP contribution in [0.25, 0.3) is 0 Å². The fourth-order valence-corrected chi connectivity index (χ4v) is 2.82. The lowest BCUT2D eigenvalue weighted by atomic mass is 10.1. The zero-order valence-electron chi connectivity index (χ0n) is 19.1. The van der Waals surface area contributed by atoms with Crippen molar-refractivity contribution in [3.63, 3.8) is 0 Å². The zero-order valence-corrected chi connectivity index (χ0v) is 15.0. The largest absolute Gasteiger partial charge is 0.478 e. The summed E-state index contributed by atoms with van der Waals surface area (Å²) in [6.45, 7) is 1.75. The van der Waals surface area contributed by atoms with Gasteiger partial charge in [-0.15, -0.1) is 4.91 Å². The van der Waals surface area contributed by atoms with Gasteiger partial charge in [0, 0.05) is 6.54 Å². The number of sulfonamides is 1. The molecule has 0 spiro atoms. The number of carboxylic acid groups (broad SMARTS) is 1. The van der Waals surface area contributed by atoms with Crippen LogP contribution < -0.4 is 14.9 Å². The number of unbranched alkanes of at least 4 members (excludes halogenated alkanes) is 1. The van der Waals surface area contributed by atoms with Crippen LogP contribution >= 0.6 is 0 Å². The van der Waals surface area contributed by atoms with Crippen molar-refractivity contribution in [1.82, 2.24) is 0 Å². The van der Waals surface area contributed by atoms with E-state index in [0.717, 1.165) is 11.1 Å². The number of ether oxygens (including phenoxy) is 1. The summed E-state index contributed by atoms with van der Waals surface area (Å²) in [5.41, 5.74) is -0.966. The molecule has 0 amide bonds. The Morgan fingerprint density at radius 1 is 1.33 bits per heavy atom. The van der Waals surface area contributed by atoms with Crippen molar-refractivity contribution in [1.29, 1.82) is 0 Å². The minimum absolute atomic E-state index is 0.0516. The monoisotopic (exact) mass is 398 g/mol. The lowest BCUT2D eigenvalue weighted by Crippen LogP contribution is -2.21. The number of primary sulfonamides is 1. The SMILES string of the molecule is [2H]c1c([2H])c([2H])c(Oc2c(N(CCCC)N=O)cc(C(=O)O)cc2S(N)(=O)=O)c([2H])c1[2H]. The number of nitroso groups, excluding NO2 is 1. The van der Waals surface area contributed by atoms with Gasteiger partial charge in [0.05, 0.1) is 17.7 Å². The van der Waals surface area contributed by atoms with E-state index < -0.39 is 73.9 Å². The molecule has 0 radical (unpaired) electrons. The number of carboxylic acids is 1. The molecule has 2 aromatic rings. The predicted molar refractivity (Wildman–Crippen MR) is 99.3 cm³/mol. The van der Waals surface area contributed by atoms with Gasteiger partial charge in [0.25, 0.3) is 0 Å². The Hall–Kier alpha value is -2.98. The van der Waals surface area contributed by atoms with E-state index in [4.69, 9.17) is 16.7 Å². The molecule has 0 aliphatic rings. The van der Waals surface area contributed by atoms with Crippen molar-refractivity contribution in [2.75, 3.05) is 11.6 Å². The van der Waals surface area contributed by atoms with E-state index in [1.165, 1.54) is 0 Å². The maximum absolute atomic E-state index is 12.2. The number of aromatic carboxylic acids is 1. The van der Waals surface area contributed by atoms with Gasteiger partial charge in [-0.05, 0) is 30.6 Å². The molecule has 2 aromatic carbocycles. The van der Waals surface area contributed by atoms with Crippen LogP contribution in [-0.4, -0.2) is 26.0 Å². The molecule has 0 fully saturated rings. The van der Waals surface area contributed by atoms with Crippen LogP contribution in [0.3, 0.4) is 0 Å². The smallest absolute Gasteiger partial charge is 0.335 e. The summed E-state index contributed by atoms with van der Waals surface area (Å²) in [5.74, 6) is -2.98. The average Bonchev–Trinajstić information content (AvgIpc) is 2.73. The van der Waals surface area contributed by atoms with E-state index in [-0.39, 0.29) is 6.54 Å². The minimum Gasteiger partial charge on any atom is -0.478 e. The number of hydrogen-bond acceptors (Lipinski definition) is 6. The van der Waals surface area contributed by atoms with E-state index >= 15 is 0 Å². The Morgan fingerprint density at radius 2 is 2.00 bits per heavy atom. The molecule has 9 nitrogen and oxygen atoms in total. The molecule has 0 aliphatic carbocycles. The van der Waals surface area contributed by atoms with E-state index in [9.17, 15) is 23.2 Å². The second-order valence-electron chi connectivity index (χ2n) is 5.29. The van der Waals surface area contributed by atoms with Gasteiger partial charge in [0.2, 0.25) is 10.0 Å². The predicted octanol–water partition coefficient (Wildman–Crippen LogP) is 3.11. The van der Waals surface area contributed by atoms with Crippen LogP contribution in [0.2, 0.25) is 0 Å². The lowest BCUT2D eigenvalue weighted by molar-refractivity contribution is 0.0696. The van der Waals surface area contributed by atoms with Crippen molar-refractivity contribution in [3.05, 3.63) is 52.8 Å². The first-order valence-electron chi connectivity index (χ1n) is 10.1. The first kappa shape index (κ1) is 14.1. The van der Waals surface area contributed by atoms with Crippen molar-refractivity contribution >= 4 is 21.7 Å². The second-order valence-corrected chi connectivity index (χ2v) is 6.82. The summed E-state index contributed by atoms with van der Waals surface area (Å²) in [7, 11) is -4.66. The third-order valence-electron chi connectivity index (χ3n) is 3.37. The molecule has 3 N–H and O–H groups in total. The fourth-order valence-electron chi connectivity index (χ4n) is 2.12. The Labute approximate surface area is 163 Å². The Kier molecular flexibility index (Phi) is 4.50. The van der Waals surface area contributed by atoms with Gasteiger partial charge in [0.1, 0.15) is 16.3 Å². The molecular formula is C17H19N3O6S. The normalized spacial score (nSPS) is 13.6. The number of para-hydroxylation sites is 1. The molecule has 0 unspecified atom stereocenters. The number of hydrogen-bond donors (Lipinski definition) is 2. The summed E-state index contributed by atoms with van der Waals surface area (Å²) in [4.78, 5) is 22.1. The molecule has 2 rings (SSSR count). The summed E-state index contributed by atoms with van der Waals surface area (Å²) in [6.07, 6.45) is 1.01. The molecule has 0 bridgehead atoms. The van der Waals surface area contributed by atoms with Crippen LogP contribution in [0.15, 0.2) is 52.5 Å². The van der Waals surface area contributed by atoms with Crippen LogP contribution in [-0.2, 0) is 10.0 Å². The maximum atomic E-state index is 12.2. The van der Waals surface area contributed by atoms with Gasteiger partial charge >= 0.3 is 5.97 Å². The summed E-state index contributed by atoms with van der Waals surface area (Å²) in [6, 6.07) is -2.20. The van der Waals surface area contributed by atoms with Crippen LogP contribution in [0.5, 0.6) is 11.5 Å². The molecule has 0 aliphatic heterocycles. The molecule has 0 saturated carbocycles. The molecule has 0 aromatic heterocycles. The topological polar surface area (TPSA) is 139 Å². The lowest BCUT2D eigenvalue weighted by Gasteiger charge is -2.21. The summed E-state index contributed by atoms with van der Waals surface area (Å²) >= 11 is 0. The fraction of sp³-hybridized carbons (Fsp3) is 0.235. The number of rotatable bonds is 9. The number of benzene rings is 2. The molecule has 0 saturated heterocycles. The average molecular weight is 398 g/mol. The van der Waals surface area contributed by atoms with E-state index in [0.29, 0.717) is 18.9 Å². The molecule has 10 heteroatoms. The first-order chi connectivity index (χ1) is 14.8. The molecular weight excluding hydrogens is 374 g/mol. The Bertz CT molecular complexity index is 1160. The number of carbonyl (C=O) groups is 1. The Balaban J connectivity index is 2.92. The first-order valence-corrected chi connectivity index (χ1v) is 9.19. The second kappa shape index (κ2) is 8.60. The molecule has 144 valence electrons. The highest BCUT2D eigenvalue weighted by Gasteiger charge is 2.26. The molecule has 0 heterocycles. The minimum atomic E-state index is -4.66. The third kappa shape index (κ3) is 5.02. The van der Waals surface area contributed by atoms with Crippen molar-refractivity contribution in [3.8, 4) is 11.5 Å². The highest BCUT2D eigenvalue weighted by atomic mass is 32.2. The number of nitrogens with two attached hydrogens (primary N) is 1. The highest BCUT2D eigenvalue weighted by Crippen LogP contribution is 2.39. The van der Waals surface area contributed by atoms with Gasteiger partial charge in [-0.2, -0.15) is 0 Å². The van der Waals surface area contributed by atoms with Gasteiger partial charge < -0.3 is 9.84 Å². The summed E-state index contributed by atoms with van der Waals surface area (Å²) in [5, 5.41) is 18.1. The Morgan fingerprint density at radius 3 is 2.52 bits per heavy atom. The van der Waals surface area contributed by atoms with E-state index in [1.807, 2.05) is 0 Å². The highest BCUT2D eigenvalue weighted by molar-refractivity contribution is 7.89. The van der Waals surface area contributed by atoms with Gasteiger partial charge in [-0.25, -0.2) is 23.4 Å². The molecule has 0 atom stereocenters. The molecule has 27 heavy (non-hydrogen) atoms. The van der Waals surface area contributed by atoms with E-state index in [1.54, 1.807) is 6.92 Å².